The molecule has 3 nitrogen and oxygen atoms in total. The van der Waals surface area contributed by atoms with Crippen LogP contribution in [0.15, 0.2) is 22.8 Å². The quantitative estimate of drug-likeness (QED) is 0.706. The average Bonchev–Trinajstić information content (AvgIpc) is 2.65. The Kier molecular flexibility index (Phi) is 3.27. The minimum Gasteiger partial charge on any atom is -0.469 e. The van der Waals surface area contributed by atoms with E-state index in [1.165, 1.54) is 0 Å². The van der Waals surface area contributed by atoms with Crippen LogP contribution in [0, 0.1) is 17.2 Å². The Morgan fingerprint density at radius 2 is 2.54 bits per heavy atom. The van der Waals surface area contributed by atoms with E-state index in [2.05, 4.69) is 0 Å². The third-order valence-electron chi connectivity index (χ3n) is 1.87. The summed E-state index contributed by atoms with van der Waals surface area (Å²) in [6.07, 6.45) is 2.54. The molecular weight excluding hydrogens is 166 g/mol. The van der Waals surface area contributed by atoms with Crippen LogP contribution in [0.1, 0.15) is 19.1 Å². The molecule has 0 saturated carbocycles. The van der Waals surface area contributed by atoms with Crippen molar-refractivity contribution in [1.29, 1.82) is 5.26 Å². The third kappa shape index (κ3) is 2.75. The van der Waals surface area contributed by atoms with Crippen LogP contribution in [0.4, 0.5) is 0 Å². The predicted molar refractivity (Wildman–Crippen MR) is 46.8 cm³/mol. The summed E-state index contributed by atoms with van der Waals surface area (Å²) >= 11 is 0. The van der Waals surface area contributed by atoms with E-state index in [9.17, 15) is 4.79 Å². The maximum Gasteiger partial charge on any atom is 0.150 e. The molecule has 0 saturated heterocycles. The van der Waals surface area contributed by atoms with Crippen molar-refractivity contribution in [1.82, 2.24) is 0 Å². The van der Waals surface area contributed by atoms with Crippen LogP contribution in [-0.2, 0) is 11.2 Å². The summed E-state index contributed by atoms with van der Waals surface area (Å²) in [5, 5.41) is 8.47. The van der Waals surface area contributed by atoms with Crippen molar-refractivity contribution < 1.29 is 9.21 Å². The van der Waals surface area contributed by atoms with Gasteiger partial charge in [-0.1, -0.05) is 0 Å². The summed E-state index contributed by atoms with van der Waals surface area (Å²) in [7, 11) is 0. The van der Waals surface area contributed by atoms with Gasteiger partial charge in [0.05, 0.1) is 12.3 Å². The van der Waals surface area contributed by atoms with Gasteiger partial charge in [-0.05, 0) is 19.1 Å². The van der Waals surface area contributed by atoms with Crippen LogP contribution in [0.3, 0.4) is 0 Å². The van der Waals surface area contributed by atoms with Crippen molar-refractivity contribution in [2.75, 3.05) is 0 Å². The van der Waals surface area contributed by atoms with Gasteiger partial charge in [-0.15, -0.1) is 0 Å². The minimum absolute atomic E-state index is 0.0288. The molecule has 1 atom stereocenters. The number of ketones is 1. The number of nitriles is 1. The Labute approximate surface area is 77.0 Å². The molecule has 1 unspecified atom stereocenters. The molecule has 0 spiro atoms. The Hall–Kier alpha value is -1.56. The lowest BCUT2D eigenvalue weighted by molar-refractivity contribution is -0.120. The zero-order chi connectivity index (χ0) is 9.68. The number of furan rings is 1. The number of rotatable bonds is 4. The highest BCUT2D eigenvalue weighted by molar-refractivity contribution is 5.82. The summed E-state index contributed by atoms with van der Waals surface area (Å²) < 4.78 is 5.06. The fourth-order valence-corrected chi connectivity index (χ4v) is 0.990. The second kappa shape index (κ2) is 4.46. The smallest absolute Gasteiger partial charge is 0.150 e. The molecule has 0 aliphatic rings. The van der Waals surface area contributed by atoms with Gasteiger partial charge < -0.3 is 4.42 Å². The van der Waals surface area contributed by atoms with Crippen LogP contribution >= 0.6 is 0 Å². The van der Waals surface area contributed by atoms with Crippen LogP contribution < -0.4 is 0 Å². The second-order valence-electron chi connectivity index (χ2n) is 2.90. The monoisotopic (exact) mass is 177 g/mol. The predicted octanol–water partition coefficient (Wildman–Crippen LogP) is 1.94. The van der Waals surface area contributed by atoms with Crippen molar-refractivity contribution in [3.05, 3.63) is 24.2 Å². The number of nitrogens with zero attached hydrogens (tertiary/aromatic N) is 1. The topological polar surface area (TPSA) is 54.0 Å². The zero-order valence-electron chi connectivity index (χ0n) is 7.49. The Bertz CT molecular complexity index is 308. The maximum atomic E-state index is 11.2. The van der Waals surface area contributed by atoms with Crippen molar-refractivity contribution in [2.45, 2.75) is 19.8 Å². The summed E-state index contributed by atoms with van der Waals surface area (Å²) in [5.74, 6) is 0.257. The van der Waals surface area contributed by atoms with Crippen molar-refractivity contribution in [3.8, 4) is 6.07 Å². The third-order valence-corrected chi connectivity index (χ3v) is 1.87. The highest BCUT2D eigenvalue weighted by Crippen LogP contribution is 2.07. The normalized spacial score (nSPS) is 12.0. The number of hydrogen-bond acceptors (Lipinski definition) is 3. The number of aryl methyl sites for hydroxylation is 1. The van der Waals surface area contributed by atoms with Gasteiger partial charge in [-0.3, -0.25) is 4.79 Å². The van der Waals surface area contributed by atoms with E-state index in [0.29, 0.717) is 12.8 Å². The lowest BCUT2D eigenvalue weighted by atomic mass is 10.0. The van der Waals surface area contributed by atoms with Gasteiger partial charge in [0.15, 0.2) is 0 Å². The van der Waals surface area contributed by atoms with E-state index in [-0.39, 0.29) is 5.78 Å². The molecule has 1 aromatic rings. The summed E-state index contributed by atoms with van der Waals surface area (Å²) in [5.41, 5.74) is 0. The van der Waals surface area contributed by atoms with E-state index < -0.39 is 5.92 Å². The SMILES string of the molecule is CC(C#N)C(=O)CCc1ccco1. The molecule has 0 fully saturated rings. The van der Waals surface area contributed by atoms with Gasteiger partial charge in [0.25, 0.3) is 0 Å². The Balaban J connectivity index is 2.36. The molecular formula is C10H11NO2. The molecule has 0 aliphatic carbocycles. The number of Topliss-reactive ketones (excluding diaryl/α,β-unsaturated/α-hetero) is 1. The first kappa shape index (κ1) is 9.53. The van der Waals surface area contributed by atoms with E-state index in [1.807, 2.05) is 12.1 Å². The largest absolute Gasteiger partial charge is 0.469 e. The van der Waals surface area contributed by atoms with Crippen LogP contribution in [0.25, 0.3) is 0 Å². The maximum absolute atomic E-state index is 11.2. The first-order chi connectivity index (χ1) is 6.24. The van der Waals surface area contributed by atoms with Gasteiger partial charge in [0.2, 0.25) is 0 Å². The average molecular weight is 177 g/mol. The molecule has 3 heteroatoms. The summed E-state index contributed by atoms with van der Waals surface area (Å²) in [4.78, 5) is 11.2. The molecule has 0 aromatic carbocycles. The summed E-state index contributed by atoms with van der Waals surface area (Å²) in [6, 6.07) is 5.52. The summed E-state index contributed by atoms with van der Waals surface area (Å²) in [6.45, 7) is 1.62. The van der Waals surface area contributed by atoms with Gasteiger partial charge >= 0.3 is 0 Å². The van der Waals surface area contributed by atoms with E-state index in [4.69, 9.17) is 9.68 Å². The van der Waals surface area contributed by atoms with Crippen molar-refractivity contribution in [2.24, 2.45) is 5.92 Å². The van der Waals surface area contributed by atoms with Gasteiger partial charge in [0.1, 0.15) is 17.5 Å². The molecule has 0 radical (unpaired) electrons. The molecule has 0 amide bonds. The van der Waals surface area contributed by atoms with Crippen LogP contribution in [0.2, 0.25) is 0 Å². The molecule has 0 aliphatic heterocycles. The molecule has 1 aromatic heterocycles. The van der Waals surface area contributed by atoms with Crippen molar-refractivity contribution in [3.63, 3.8) is 0 Å². The van der Waals surface area contributed by atoms with Crippen molar-refractivity contribution >= 4 is 5.78 Å². The first-order valence-corrected chi connectivity index (χ1v) is 4.18. The molecule has 13 heavy (non-hydrogen) atoms. The van der Waals surface area contributed by atoms with Gasteiger partial charge in [-0.2, -0.15) is 5.26 Å². The van der Waals surface area contributed by atoms with Gasteiger partial charge in [0, 0.05) is 12.8 Å². The Morgan fingerprint density at radius 3 is 3.08 bits per heavy atom. The van der Waals surface area contributed by atoms with Gasteiger partial charge in [-0.25, -0.2) is 0 Å². The standard InChI is InChI=1S/C10H11NO2/c1-8(7-11)10(12)5-4-9-3-2-6-13-9/h2-3,6,8H,4-5H2,1H3. The highest BCUT2D eigenvalue weighted by Gasteiger charge is 2.11. The van der Waals surface area contributed by atoms with E-state index >= 15 is 0 Å². The second-order valence-corrected chi connectivity index (χ2v) is 2.90. The number of carbonyl (C=O) groups excluding carboxylic acids is 1. The first-order valence-electron chi connectivity index (χ1n) is 4.18. The van der Waals surface area contributed by atoms with Crippen LogP contribution in [0.5, 0.6) is 0 Å². The van der Waals surface area contributed by atoms with E-state index in [1.54, 1.807) is 19.3 Å². The minimum atomic E-state index is -0.505. The molecule has 0 N–H and O–H groups in total. The lowest BCUT2D eigenvalue weighted by Crippen LogP contribution is -2.09. The highest BCUT2D eigenvalue weighted by atomic mass is 16.3. The fourth-order valence-electron chi connectivity index (χ4n) is 0.990. The van der Waals surface area contributed by atoms with Crippen LogP contribution in [-0.4, -0.2) is 5.78 Å². The molecule has 1 heterocycles. The number of carbonyl (C=O) groups is 1. The molecule has 68 valence electrons. The number of hydrogen-bond donors (Lipinski definition) is 0. The molecule has 1 rings (SSSR count). The lowest BCUT2D eigenvalue weighted by Gasteiger charge is -1.99. The van der Waals surface area contributed by atoms with E-state index in [0.717, 1.165) is 5.76 Å². The Morgan fingerprint density at radius 1 is 1.77 bits per heavy atom. The zero-order valence-corrected chi connectivity index (χ0v) is 7.49. The fraction of sp³-hybridized carbons (Fsp3) is 0.400. The molecule has 0 bridgehead atoms.